The van der Waals surface area contributed by atoms with Gasteiger partial charge in [-0.25, -0.2) is 21.6 Å². The molecule has 0 saturated carbocycles. The molecule has 4 aromatic carbocycles. The predicted octanol–water partition coefficient (Wildman–Crippen LogP) is 8.74. The topological polar surface area (TPSA) is 128 Å². The van der Waals surface area contributed by atoms with Crippen LogP contribution < -0.4 is 14.9 Å². The van der Waals surface area contributed by atoms with Crippen LogP contribution in [-0.2, 0) is 24.6 Å². The van der Waals surface area contributed by atoms with E-state index in [4.69, 9.17) is 16.3 Å². The SMILES string of the molecule is C[Si]1(C)CCC(c2ccc(Cl)cc2)=C(CN2CCN(c3ccc(C(=O)NS(=O)(=O)c4ccc(N[C@H](CCN5CCOCC5)CSc5ccccc5)c(S(=O)(=O)C(F)(F)F)c4)cc3)CC2)C1. The summed E-state index contributed by atoms with van der Waals surface area (Å²) < 4.78 is 103. The fourth-order valence-electron chi connectivity index (χ4n) is 8.49. The van der Waals surface area contributed by atoms with Crippen molar-refractivity contribution in [2.24, 2.45) is 0 Å². The number of hydrogen-bond acceptors (Lipinski definition) is 11. The molecule has 0 spiro atoms. The van der Waals surface area contributed by atoms with E-state index in [-0.39, 0.29) is 5.56 Å². The Balaban J connectivity index is 1.02. The number of sulfonamides is 1. The average molecular weight is 991 g/mol. The zero-order valence-corrected chi connectivity index (χ0v) is 40.7. The second kappa shape index (κ2) is 21.0. The lowest BCUT2D eigenvalue weighted by Crippen LogP contribution is -2.47. The van der Waals surface area contributed by atoms with Crippen molar-refractivity contribution in [2.75, 3.05) is 81.5 Å². The highest BCUT2D eigenvalue weighted by atomic mass is 35.5. The van der Waals surface area contributed by atoms with Crippen molar-refractivity contribution >= 4 is 74.2 Å². The van der Waals surface area contributed by atoms with Gasteiger partial charge < -0.3 is 15.0 Å². The maximum absolute atomic E-state index is 14.2. The van der Waals surface area contributed by atoms with E-state index >= 15 is 0 Å². The monoisotopic (exact) mass is 989 g/mol. The van der Waals surface area contributed by atoms with Crippen LogP contribution in [-0.4, -0.2) is 123 Å². The first-order valence-corrected chi connectivity index (χ1v) is 29.4. The molecule has 2 N–H and O–H groups in total. The number of morpholine rings is 1. The minimum absolute atomic E-state index is 0.00200. The molecule has 0 radical (unpaired) electrons. The largest absolute Gasteiger partial charge is 0.501 e. The van der Waals surface area contributed by atoms with E-state index in [0.717, 1.165) is 72.9 Å². The van der Waals surface area contributed by atoms with Crippen LogP contribution in [0.2, 0.25) is 30.2 Å². The summed E-state index contributed by atoms with van der Waals surface area (Å²) in [6.07, 6.45) is 1.52. The molecular formula is C46H55ClF3N5O6S3Si. The number of ether oxygens (including phenoxy) is 1. The minimum atomic E-state index is -6.05. The number of hydrogen-bond donors (Lipinski definition) is 2. The highest BCUT2D eigenvalue weighted by molar-refractivity contribution is 7.99. The Labute approximate surface area is 390 Å². The molecule has 4 aromatic rings. The van der Waals surface area contributed by atoms with Gasteiger partial charge in [0.1, 0.15) is 4.90 Å². The number of thioether (sulfide) groups is 1. The van der Waals surface area contributed by atoms with Crippen LogP contribution >= 0.6 is 23.4 Å². The van der Waals surface area contributed by atoms with Crippen LogP contribution in [0.25, 0.3) is 5.57 Å². The summed E-state index contributed by atoms with van der Waals surface area (Å²) in [7, 11) is -12.2. The number of halogens is 4. The summed E-state index contributed by atoms with van der Waals surface area (Å²) in [5.74, 6) is -0.649. The van der Waals surface area contributed by atoms with Gasteiger partial charge in [0.25, 0.3) is 25.8 Å². The first-order valence-electron chi connectivity index (χ1n) is 21.7. The van der Waals surface area contributed by atoms with E-state index in [9.17, 15) is 34.8 Å². The first kappa shape index (κ1) is 49.0. The second-order valence-corrected chi connectivity index (χ2v) is 27.8. The number of rotatable bonds is 16. The molecule has 7 rings (SSSR count). The smallest absolute Gasteiger partial charge is 0.380 e. The second-order valence-electron chi connectivity index (χ2n) is 17.5. The minimum Gasteiger partial charge on any atom is -0.380 e. The molecule has 1 amide bonds. The number of alkyl halides is 3. The van der Waals surface area contributed by atoms with Crippen LogP contribution in [0, 0.1) is 0 Å². The van der Waals surface area contributed by atoms with Gasteiger partial charge in [0.05, 0.1) is 31.9 Å². The Bertz CT molecular complexity index is 2540. The highest BCUT2D eigenvalue weighted by Crippen LogP contribution is 2.40. The number of sulfone groups is 1. The zero-order valence-electron chi connectivity index (χ0n) is 36.4. The Hall–Kier alpha value is -3.88. The molecule has 65 heavy (non-hydrogen) atoms. The van der Waals surface area contributed by atoms with E-state index < -0.39 is 60.9 Å². The van der Waals surface area contributed by atoms with E-state index in [0.29, 0.717) is 51.1 Å². The molecule has 3 aliphatic heterocycles. The third kappa shape index (κ3) is 12.8. The van der Waals surface area contributed by atoms with Gasteiger partial charge in [-0.1, -0.05) is 66.6 Å². The summed E-state index contributed by atoms with van der Waals surface area (Å²) in [6.45, 7) is 12.0. The number of nitrogens with zero attached hydrogens (tertiary/aromatic N) is 3. The van der Waals surface area contributed by atoms with Gasteiger partial charge in [0, 0.05) is 85.3 Å². The van der Waals surface area contributed by atoms with Gasteiger partial charge in [-0.2, -0.15) is 13.2 Å². The lowest BCUT2D eigenvalue weighted by atomic mass is 9.97. The van der Waals surface area contributed by atoms with Gasteiger partial charge in [0.2, 0.25) is 0 Å². The van der Waals surface area contributed by atoms with Crippen LogP contribution in [0.3, 0.4) is 0 Å². The number of carbonyl (C=O) groups excluding carboxylic acids is 1. The van der Waals surface area contributed by atoms with Crippen molar-refractivity contribution in [3.8, 4) is 0 Å². The van der Waals surface area contributed by atoms with Crippen molar-refractivity contribution in [3.05, 3.63) is 119 Å². The van der Waals surface area contributed by atoms with Crippen molar-refractivity contribution < 1.29 is 39.5 Å². The molecular weight excluding hydrogens is 935 g/mol. The van der Waals surface area contributed by atoms with Gasteiger partial charge in [-0.3, -0.25) is 14.6 Å². The molecule has 350 valence electrons. The maximum atomic E-state index is 14.2. The quantitative estimate of drug-likeness (QED) is 0.0827. The summed E-state index contributed by atoms with van der Waals surface area (Å²) >= 11 is 7.65. The normalized spacial score (nSPS) is 18.3. The summed E-state index contributed by atoms with van der Waals surface area (Å²) in [6, 6.07) is 28.3. The third-order valence-electron chi connectivity index (χ3n) is 12.2. The fourth-order valence-corrected chi connectivity index (χ4v) is 14.2. The fraction of sp³-hybridized carbons (Fsp3) is 0.413. The van der Waals surface area contributed by atoms with Crippen LogP contribution in [0.15, 0.2) is 117 Å². The molecule has 0 aromatic heterocycles. The first-order chi connectivity index (χ1) is 30.9. The van der Waals surface area contributed by atoms with E-state index in [1.807, 2.05) is 47.2 Å². The lowest BCUT2D eigenvalue weighted by molar-refractivity contribution is -0.0435. The third-order valence-corrected chi connectivity index (χ3v) is 19.4. The van der Waals surface area contributed by atoms with E-state index in [1.165, 1.54) is 46.6 Å². The van der Waals surface area contributed by atoms with Crippen LogP contribution in [0.5, 0.6) is 0 Å². The lowest BCUT2D eigenvalue weighted by Gasteiger charge is -2.39. The predicted molar refractivity (Wildman–Crippen MR) is 256 cm³/mol. The Morgan fingerprint density at radius 2 is 1.54 bits per heavy atom. The molecule has 2 fully saturated rings. The summed E-state index contributed by atoms with van der Waals surface area (Å²) in [5, 5.41) is 3.72. The number of anilines is 2. The molecule has 19 heteroatoms. The number of allylic oxidation sites excluding steroid dienone is 1. The van der Waals surface area contributed by atoms with Crippen molar-refractivity contribution in [1.29, 1.82) is 0 Å². The van der Waals surface area contributed by atoms with Crippen molar-refractivity contribution in [1.82, 2.24) is 14.5 Å². The molecule has 1 atom stereocenters. The Morgan fingerprint density at radius 3 is 2.20 bits per heavy atom. The standard InChI is InChI=1S/C46H55ClF3N5O6S3Si/c1-65(2)29-19-42(34-8-12-37(47)13-9-34)36(33-65)31-54-21-23-55(24-22-54)39-14-10-35(11-15-39)45(56)52-64(59,60)41-16-17-43(44(30-41)63(57,58)46(48,49)50)51-38(18-20-53-25-27-61-28-26-53)32-62-40-6-4-3-5-7-40/h3-17,30,38,51H,18-29,31-33H2,1-2H3,(H,52,56)/t38-/m1/s1. The average Bonchev–Trinajstić information content (AvgIpc) is 3.28. The number of amides is 1. The van der Waals surface area contributed by atoms with Crippen LogP contribution in [0.4, 0.5) is 24.5 Å². The van der Waals surface area contributed by atoms with Crippen molar-refractivity contribution in [3.63, 3.8) is 0 Å². The Morgan fingerprint density at radius 1 is 0.862 bits per heavy atom. The molecule has 3 heterocycles. The van der Waals surface area contributed by atoms with Gasteiger partial charge >= 0.3 is 5.51 Å². The van der Waals surface area contributed by atoms with Gasteiger partial charge in [-0.05, 0) is 96.8 Å². The molecule has 11 nitrogen and oxygen atoms in total. The van der Waals surface area contributed by atoms with E-state index in [1.54, 1.807) is 12.1 Å². The zero-order chi connectivity index (χ0) is 46.4. The molecule has 2 saturated heterocycles. The number of piperazine rings is 1. The van der Waals surface area contributed by atoms with Gasteiger partial charge in [-0.15, -0.1) is 11.8 Å². The maximum Gasteiger partial charge on any atom is 0.501 e. The number of carbonyl (C=O) groups is 1. The van der Waals surface area contributed by atoms with E-state index in [2.05, 4.69) is 45.2 Å². The van der Waals surface area contributed by atoms with Crippen molar-refractivity contribution in [2.45, 2.75) is 64.3 Å². The summed E-state index contributed by atoms with van der Waals surface area (Å²) in [4.78, 5) is 19.0. The molecule has 0 aliphatic carbocycles. The number of nitrogens with one attached hydrogen (secondary N) is 2. The van der Waals surface area contributed by atoms with Gasteiger partial charge in [0.15, 0.2) is 0 Å². The number of benzene rings is 4. The van der Waals surface area contributed by atoms with Crippen LogP contribution in [0.1, 0.15) is 28.8 Å². The summed E-state index contributed by atoms with van der Waals surface area (Å²) in [5.41, 5.74) is -1.10. The molecule has 3 aliphatic rings. The highest BCUT2D eigenvalue weighted by Gasteiger charge is 2.48. The Kier molecular flexibility index (Phi) is 15.8. The molecule has 0 bridgehead atoms. The molecule has 0 unspecified atom stereocenters.